The van der Waals surface area contributed by atoms with E-state index in [1.807, 2.05) is 91.0 Å². The Hall–Kier alpha value is -3.23. The van der Waals surface area contributed by atoms with Crippen LogP contribution < -0.4 is 0 Å². The highest BCUT2D eigenvalue weighted by molar-refractivity contribution is 5.16. The van der Waals surface area contributed by atoms with Gasteiger partial charge in [0, 0.05) is 4.91 Å². The molecule has 0 spiro atoms. The molecule has 4 rings (SSSR count). The number of rotatable bonds is 12. The Kier molecular flexibility index (Phi) is 9.87. The highest BCUT2D eigenvalue weighted by atomic mass is 16.6. The molecule has 188 valence electrons. The van der Waals surface area contributed by atoms with Gasteiger partial charge in [-0.15, -0.1) is 0 Å². The van der Waals surface area contributed by atoms with E-state index < -0.39 is 30.5 Å². The summed E-state index contributed by atoms with van der Waals surface area (Å²) in [6.45, 7) is 0.741. The van der Waals surface area contributed by atoms with Crippen molar-refractivity contribution in [1.82, 2.24) is 0 Å². The van der Waals surface area contributed by atoms with E-state index >= 15 is 0 Å². The van der Waals surface area contributed by atoms with Crippen molar-refractivity contribution in [2.75, 3.05) is 13.2 Å². The molecule has 8 nitrogen and oxygen atoms in total. The Morgan fingerprint density at radius 1 is 0.667 bits per heavy atom. The predicted octanol–water partition coefficient (Wildman–Crippen LogP) is 4.81. The molecule has 36 heavy (non-hydrogen) atoms. The quantitative estimate of drug-likeness (QED) is 0.223. The van der Waals surface area contributed by atoms with Gasteiger partial charge in [0.15, 0.2) is 0 Å². The van der Waals surface area contributed by atoms with E-state index in [2.05, 4.69) is 10.0 Å². The minimum Gasteiger partial charge on any atom is -0.394 e. The van der Waals surface area contributed by atoms with Gasteiger partial charge < -0.3 is 24.1 Å². The second-order valence-electron chi connectivity index (χ2n) is 8.59. The average Bonchev–Trinajstić information content (AvgIpc) is 2.94. The number of hydrogen-bond donors (Lipinski definition) is 1. The zero-order valence-corrected chi connectivity index (χ0v) is 20.0. The molecule has 8 heteroatoms. The Balaban J connectivity index is 1.60. The average molecular weight is 490 g/mol. The maximum atomic E-state index is 10.2. The molecule has 1 heterocycles. The lowest BCUT2D eigenvalue weighted by Gasteiger charge is -2.45. The third-order valence-electron chi connectivity index (χ3n) is 6.09. The molecule has 1 N–H and O–H groups in total. The first-order valence-corrected chi connectivity index (χ1v) is 12.0. The zero-order chi connectivity index (χ0) is 25.0. The minimum atomic E-state index is -0.676. The van der Waals surface area contributed by atoms with E-state index in [9.17, 15) is 5.11 Å². The number of aliphatic hydroxyl groups excluding tert-OH is 1. The van der Waals surface area contributed by atoms with Crippen LogP contribution in [0, 0.1) is 0 Å². The van der Waals surface area contributed by atoms with Gasteiger partial charge in [0.2, 0.25) is 0 Å². The molecular weight excluding hydrogens is 458 g/mol. The Morgan fingerprint density at radius 3 is 1.50 bits per heavy atom. The summed E-state index contributed by atoms with van der Waals surface area (Å²) >= 11 is 0. The van der Waals surface area contributed by atoms with Gasteiger partial charge >= 0.3 is 0 Å². The lowest BCUT2D eigenvalue weighted by atomic mass is 9.94. The molecule has 5 atom stereocenters. The number of azide groups is 1. The molecule has 0 bridgehead atoms. The van der Waals surface area contributed by atoms with Crippen LogP contribution in [-0.4, -0.2) is 48.8 Å². The molecule has 0 saturated carbocycles. The van der Waals surface area contributed by atoms with Crippen LogP contribution >= 0.6 is 0 Å². The van der Waals surface area contributed by atoms with E-state index in [1.54, 1.807) is 0 Å². The summed E-state index contributed by atoms with van der Waals surface area (Å²) in [6, 6.07) is 29.4. The number of ether oxygens (including phenoxy) is 4. The summed E-state index contributed by atoms with van der Waals surface area (Å²) in [7, 11) is 0. The van der Waals surface area contributed by atoms with Crippen LogP contribution in [-0.2, 0) is 38.8 Å². The monoisotopic (exact) mass is 489 g/mol. The van der Waals surface area contributed by atoms with Crippen molar-refractivity contribution >= 4 is 0 Å². The van der Waals surface area contributed by atoms with Crippen LogP contribution in [0.2, 0.25) is 0 Å². The third-order valence-corrected chi connectivity index (χ3v) is 6.09. The Bertz CT molecular complexity index is 1080. The van der Waals surface area contributed by atoms with Crippen molar-refractivity contribution in [3.05, 3.63) is 118 Å². The summed E-state index contributed by atoms with van der Waals surface area (Å²) in [4.78, 5) is 2.90. The van der Waals surface area contributed by atoms with Gasteiger partial charge in [-0.1, -0.05) is 96.1 Å². The van der Waals surface area contributed by atoms with Crippen molar-refractivity contribution in [2.24, 2.45) is 5.11 Å². The first-order chi connectivity index (χ1) is 17.8. The topological polar surface area (TPSA) is 106 Å². The molecule has 0 unspecified atom stereocenters. The number of aliphatic hydroxyl groups is 1. The van der Waals surface area contributed by atoms with E-state index in [0.717, 1.165) is 16.7 Å². The first kappa shape index (κ1) is 25.9. The van der Waals surface area contributed by atoms with Crippen LogP contribution in [0.15, 0.2) is 96.1 Å². The van der Waals surface area contributed by atoms with Crippen molar-refractivity contribution in [2.45, 2.75) is 50.3 Å². The molecule has 3 aromatic rings. The Labute approximate surface area is 211 Å². The van der Waals surface area contributed by atoms with Gasteiger partial charge in [-0.25, -0.2) is 0 Å². The molecule has 0 aliphatic carbocycles. The molecule has 1 fully saturated rings. The third kappa shape index (κ3) is 7.15. The molecule has 0 radical (unpaired) electrons. The van der Waals surface area contributed by atoms with Crippen LogP contribution in [0.25, 0.3) is 10.4 Å². The lowest BCUT2D eigenvalue weighted by molar-refractivity contribution is -0.267. The number of benzene rings is 3. The normalized spacial score (nSPS) is 23.6. The largest absolute Gasteiger partial charge is 0.394 e. The highest BCUT2D eigenvalue weighted by Crippen LogP contribution is 2.30. The Morgan fingerprint density at radius 2 is 1.08 bits per heavy atom. The van der Waals surface area contributed by atoms with Crippen LogP contribution in [0.1, 0.15) is 16.7 Å². The second kappa shape index (κ2) is 13.8. The number of nitrogens with zero attached hydrogens (tertiary/aromatic N) is 3. The van der Waals surface area contributed by atoms with Crippen LogP contribution in [0.4, 0.5) is 0 Å². The number of hydrogen-bond acceptors (Lipinski definition) is 6. The molecule has 1 aliphatic heterocycles. The van der Waals surface area contributed by atoms with Crippen molar-refractivity contribution in [3.63, 3.8) is 0 Å². The van der Waals surface area contributed by atoms with Crippen molar-refractivity contribution in [3.8, 4) is 0 Å². The highest BCUT2D eigenvalue weighted by Gasteiger charge is 2.47. The SMILES string of the molecule is [N-]=[N+]=NC[C@H]1O[C@@H](CO)[C@H](OCc2ccccc2)[C@@H](OCc2ccccc2)[C@@H]1OCc1ccccc1. The fourth-order valence-corrected chi connectivity index (χ4v) is 4.29. The smallest absolute Gasteiger partial charge is 0.115 e. The first-order valence-electron chi connectivity index (χ1n) is 12.0. The maximum absolute atomic E-state index is 10.2. The lowest BCUT2D eigenvalue weighted by Crippen LogP contribution is -2.61. The second-order valence-corrected chi connectivity index (χ2v) is 8.59. The predicted molar refractivity (Wildman–Crippen MR) is 135 cm³/mol. The van der Waals surface area contributed by atoms with Gasteiger partial charge in [0.25, 0.3) is 0 Å². The van der Waals surface area contributed by atoms with E-state index in [4.69, 9.17) is 24.5 Å². The summed E-state index contributed by atoms with van der Waals surface area (Å²) in [6.07, 6.45) is -3.07. The molecule has 0 aromatic heterocycles. The molecule has 1 aliphatic rings. The molecular formula is C28H31N3O5. The summed E-state index contributed by atoms with van der Waals surface area (Å²) < 4.78 is 25.3. The van der Waals surface area contributed by atoms with E-state index in [0.29, 0.717) is 19.8 Å². The maximum Gasteiger partial charge on any atom is 0.115 e. The summed E-state index contributed by atoms with van der Waals surface area (Å²) in [5.41, 5.74) is 11.9. The fourth-order valence-electron chi connectivity index (χ4n) is 4.29. The summed E-state index contributed by atoms with van der Waals surface area (Å²) in [5, 5.41) is 13.9. The van der Waals surface area contributed by atoms with Gasteiger partial charge in [0.05, 0.1) is 39.1 Å². The van der Waals surface area contributed by atoms with Crippen LogP contribution in [0.3, 0.4) is 0 Å². The minimum absolute atomic E-state index is 0.0447. The van der Waals surface area contributed by atoms with Crippen LogP contribution in [0.5, 0.6) is 0 Å². The van der Waals surface area contributed by atoms with Crippen molar-refractivity contribution < 1.29 is 24.1 Å². The standard InChI is InChI=1S/C28H31N3O5/c29-31-30-16-24-26(33-18-21-10-4-1-5-11-21)28(35-20-23-14-8-3-9-15-23)27(25(17-32)36-24)34-19-22-12-6-2-7-13-22/h1-15,24-28,32H,16-20H2/t24-,25+,26-,27+,28+/m1/s1. The van der Waals surface area contributed by atoms with Gasteiger partial charge in [-0.2, -0.15) is 0 Å². The molecule has 1 saturated heterocycles. The fraction of sp³-hybridized carbons (Fsp3) is 0.357. The molecule has 0 amide bonds. The summed E-state index contributed by atoms with van der Waals surface area (Å²) in [5.74, 6) is 0. The molecule has 3 aromatic carbocycles. The van der Waals surface area contributed by atoms with Crippen molar-refractivity contribution in [1.29, 1.82) is 0 Å². The zero-order valence-electron chi connectivity index (χ0n) is 20.0. The van der Waals surface area contributed by atoms with E-state index in [1.165, 1.54) is 0 Å². The van der Waals surface area contributed by atoms with Gasteiger partial charge in [0.1, 0.15) is 24.4 Å². The van der Waals surface area contributed by atoms with Gasteiger partial charge in [-0.3, -0.25) is 0 Å². The van der Waals surface area contributed by atoms with Gasteiger partial charge in [-0.05, 0) is 22.2 Å². The van der Waals surface area contributed by atoms with E-state index in [-0.39, 0.29) is 13.2 Å².